The fraction of sp³-hybridized carbons (Fsp3) is 0.235. The van der Waals surface area contributed by atoms with Crippen molar-refractivity contribution in [2.24, 2.45) is 5.10 Å². The topological polar surface area (TPSA) is 42.8 Å². The standard InChI is InChI=1S/C17H19BrN2O2/c1-3-22-17-9-8-15(18)10-14(17)12-20-19-11-13-6-4-5-7-16(13)21-2/h4-10,12,19H,3,11H2,1-2H3/b20-12+. The summed E-state index contributed by atoms with van der Waals surface area (Å²) in [7, 11) is 1.66. The number of hydrogen-bond donors (Lipinski definition) is 1. The maximum Gasteiger partial charge on any atom is 0.128 e. The first-order chi connectivity index (χ1) is 10.7. The number of nitrogens with one attached hydrogen (secondary N) is 1. The van der Waals surface area contributed by atoms with E-state index in [0.717, 1.165) is 27.1 Å². The van der Waals surface area contributed by atoms with Crippen LogP contribution in [0.15, 0.2) is 52.0 Å². The van der Waals surface area contributed by atoms with Gasteiger partial charge in [-0.25, -0.2) is 0 Å². The Morgan fingerprint density at radius 1 is 1.18 bits per heavy atom. The molecule has 2 aromatic carbocycles. The molecule has 0 atom stereocenters. The van der Waals surface area contributed by atoms with Gasteiger partial charge in [-0.3, -0.25) is 0 Å². The second-order valence-corrected chi connectivity index (χ2v) is 5.44. The summed E-state index contributed by atoms with van der Waals surface area (Å²) in [5.74, 6) is 1.66. The summed E-state index contributed by atoms with van der Waals surface area (Å²) in [6.07, 6.45) is 1.76. The van der Waals surface area contributed by atoms with Gasteiger partial charge in [0, 0.05) is 15.6 Å². The summed E-state index contributed by atoms with van der Waals surface area (Å²) in [6, 6.07) is 13.7. The van der Waals surface area contributed by atoms with Gasteiger partial charge in [-0.2, -0.15) is 5.10 Å². The predicted octanol–water partition coefficient (Wildman–Crippen LogP) is 3.98. The number of halogens is 1. The molecule has 4 nitrogen and oxygen atoms in total. The van der Waals surface area contributed by atoms with Crippen LogP contribution < -0.4 is 14.9 Å². The van der Waals surface area contributed by atoms with Gasteiger partial charge in [-0.1, -0.05) is 34.1 Å². The molecule has 22 heavy (non-hydrogen) atoms. The van der Waals surface area contributed by atoms with Gasteiger partial charge in [0.25, 0.3) is 0 Å². The van der Waals surface area contributed by atoms with Gasteiger partial charge in [0.15, 0.2) is 0 Å². The number of ether oxygens (including phenoxy) is 2. The Hall–Kier alpha value is -2.01. The van der Waals surface area contributed by atoms with Crippen LogP contribution in [-0.4, -0.2) is 19.9 Å². The average molecular weight is 363 g/mol. The summed E-state index contributed by atoms with van der Waals surface area (Å²) in [4.78, 5) is 0. The SMILES string of the molecule is CCOc1ccc(Br)cc1/C=N/NCc1ccccc1OC. The molecule has 5 heteroatoms. The number of nitrogens with zero attached hydrogens (tertiary/aromatic N) is 1. The van der Waals surface area contributed by atoms with E-state index in [-0.39, 0.29) is 0 Å². The second-order valence-electron chi connectivity index (χ2n) is 4.52. The van der Waals surface area contributed by atoms with Crippen LogP contribution in [0.5, 0.6) is 11.5 Å². The van der Waals surface area contributed by atoms with Crippen LogP contribution in [0.3, 0.4) is 0 Å². The third kappa shape index (κ3) is 4.49. The van der Waals surface area contributed by atoms with Crippen molar-refractivity contribution in [3.05, 3.63) is 58.1 Å². The van der Waals surface area contributed by atoms with Gasteiger partial charge in [-0.15, -0.1) is 0 Å². The number of hydrazone groups is 1. The molecule has 0 bridgehead atoms. The molecule has 0 unspecified atom stereocenters. The smallest absolute Gasteiger partial charge is 0.128 e. The first-order valence-electron chi connectivity index (χ1n) is 7.04. The summed E-state index contributed by atoms with van der Waals surface area (Å²) in [5, 5.41) is 4.26. The van der Waals surface area contributed by atoms with Gasteiger partial charge in [-0.05, 0) is 31.2 Å². The molecule has 0 aliphatic rings. The first kappa shape index (κ1) is 16.4. The minimum Gasteiger partial charge on any atom is -0.496 e. The third-order valence-electron chi connectivity index (χ3n) is 3.03. The molecule has 0 amide bonds. The Kier molecular flexibility index (Phi) is 6.27. The Bertz CT molecular complexity index is 644. The molecule has 0 fully saturated rings. The molecule has 0 saturated carbocycles. The zero-order valence-electron chi connectivity index (χ0n) is 12.7. The van der Waals surface area contributed by atoms with E-state index in [1.54, 1.807) is 13.3 Å². The van der Waals surface area contributed by atoms with Gasteiger partial charge < -0.3 is 14.9 Å². The molecule has 2 rings (SSSR count). The van der Waals surface area contributed by atoms with Crippen LogP contribution in [-0.2, 0) is 6.54 Å². The average Bonchev–Trinajstić information content (AvgIpc) is 2.54. The summed E-state index contributed by atoms with van der Waals surface area (Å²) >= 11 is 3.46. The fourth-order valence-corrected chi connectivity index (χ4v) is 2.38. The van der Waals surface area contributed by atoms with Gasteiger partial charge in [0.2, 0.25) is 0 Å². The number of rotatable bonds is 7. The molecule has 116 valence electrons. The lowest BCUT2D eigenvalue weighted by molar-refractivity contribution is 0.339. The maximum absolute atomic E-state index is 5.58. The number of hydrogen-bond acceptors (Lipinski definition) is 4. The summed E-state index contributed by atoms with van der Waals surface area (Å²) in [6.45, 7) is 3.18. The second kappa shape index (κ2) is 8.44. The van der Waals surface area contributed by atoms with E-state index in [1.807, 2.05) is 49.4 Å². The van der Waals surface area contributed by atoms with Crippen LogP contribution in [0.2, 0.25) is 0 Å². The van der Waals surface area contributed by atoms with Crippen molar-refractivity contribution >= 4 is 22.1 Å². The molecular formula is C17H19BrN2O2. The lowest BCUT2D eigenvalue weighted by atomic mass is 10.2. The van der Waals surface area contributed by atoms with Crippen LogP contribution in [0.25, 0.3) is 0 Å². The Balaban J connectivity index is 2.02. The number of benzene rings is 2. The quantitative estimate of drug-likeness (QED) is 0.598. The van der Waals surface area contributed by atoms with E-state index in [4.69, 9.17) is 9.47 Å². The van der Waals surface area contributed by atoms with Crippen LogP contribution >= 0.6 is 15.9 Å². The Labute approximate surface area is 139 Å². The molecule has 1 N–H and O–H groups in total. The van der Waals surface area contributed by atoms with Crippen molar-refractivity contribution in [3.63, 3.8) is 0 Å². The molecule has 0 heterocycles. The van der Waals surface area contributed by atoms with Crippen molar-refractivity contribution in [3.8, 4) is 11.5 Å². The Morgan fingerprint density at radius 2 is 2.00 bits per heavy atom. The van der Waals surface area contributed by atoms with E-state index in [0.29, 0.717) is 13.2 Å². The van der Waals surface area contributed by atoms with Gasteiger partial charge in [0.1, 0.15) is 11.5 Å². The summed E-state index contributed by atoms with van der Waals surface area (Å²) < 4.78 is 11.9. The largest absolute Gasteiger partial charge is 0.496 e. The van der Waals surface area contributed by atoms with Crippen molar-refractivity contribution in [1.29, 1.82) is 0 Å². The minimum absolute atomic E-state index is 0.596. The minimum atomic E-state index is 0.596. The lowest BCUT2D eigenvalue weighted by Gasteiger charge is -2.08. The zero-order valence-corrected chi connectivity index (χ0v) is 14.3. The monoisotopic (exact) mass is 362 g/mol. The molecule has 0 aromatic heterocycles. The third-order valence-corrected chi connectivity index (χ3v) is 3.52. The van der Waals surface area contributed by atoms with Crippen molar-refractivity contribution in [1.82, 2.24) is 5.43 Å². The van der Waals surface area contributed by atoms with E-state index in [2.05, 4.69) is 26.5 Å². The highest BCUT2D eigenvalue weighted by Gasteiger charge is 2.02. The predicted molar refractivity (Wildman–Crippen MR) is 92.7 cm³/mol. The van der Waals surface area contributed by atoms with E-state index in [9.17, 15) is 0 Å². The molecule has 0 saturated heterocycles. The molecular weight excluding hydrogens is 344 g/mol. The highest BCUT2D eigenvalue weighted by molar-refractivity contribution is 9.10. The highest BCUT2D eigenvalue weighted by atomic mass is 79.9. The van der Waals surface area contributed by atoms with Crippen LogP contribution in [0.4, 0.5) is 0 Å². The molecule has 0 spiro atoms. The van der Waals surface area contributed by atoms with Crippen molar-refractivity contribution in [2.75, 3.05) is 13.7 Å². The van der Waals surface area contributed by atoms with Crippen LogP contribution in [0, 0.1) is 0 Å². The normalized spacial score (nSPS) is 10.7. The molecule has 2 aromatic rings. The zero-order chi connectivity index (χ0) is 15.8. The molecule has 0 aliphatic heterocycles. The van der Waals surface area contributed by atoms with E-state index in [1.165, 1.54) is 0 Å². The van der Waals surface area contributed by atoms with E-state index >= 15 is 0 Å². The maximum atomic E-state index is 5.58. The molecule has 0 radical (unpaired) electrons. The van der Waals surface area contributed by atoms with Crippen LogP contribution in [0.1, 0.15) is 18.1 Å². The fourth-order valence-electron chi connectivity index (χ4n) is 2.00. The lowest BCUT2D eigenvalue weighted by Crippen LogP contribution is -2.07. The number of methoxy groups -OCH3 is 1. The van der Waals surface area contributed by atoms with Crippen molar-refractivity contribution < 1.29 is 9.47 Å². The Morgan fingerprint density at radius 3 is 2.77 bits per heavy atom. The summed E-state index contributed by atoms with van der Waals surface area (Å²) in [5.41, 5.74) is 5.01. The highest BCUT2D eigenvalue weighted by Crippen LogP contribution is 2.22. The molecule has 0 aliphatic carbocycles. The first-order valence-corrected chi connectivity index (χ1v) is 7.84. The van der Waals surface area contributed by atoms with E-state index < -0.39 is 0 Å². The number of para-hydroxylation sites is 1. The van der Waals surface area contributed by atoms with Gasteiger partial charge in [0.05, 0.1) is 26.5 Å². The van der Waals surface area contributed by atoms with Crippen molar-refractivity contribution in [2.45, 2.75) is 13.5 Å². The van der Waals surface area contributed by atoms with Gasteiger partial charge >= 0.3 is 0 Å².